The lowest BCUT2D eigenvalue weighted by Crippen LogP contribution is -2.42. The number of β-amino-alcohol motifs (C(OH)–C–C–N with tert-alkyl or cyclic N) is 1. The fraction of sp³-hybridized carbons (Fsp3) is 0.538. The molecule has 0 amide bonds. The second-order valence-electron chi connectivity index (χ2n) is 4.78. The number of aliphatic hydroxyl groups excluding tert-OH is 2. The molecule has 0 spiro atoms. The van der Waals surface area contributed by atoms with Gasteiger partial charge in [-0.1, -0.05) is 29.8 Å². The van der Waals surface area contributed by atoms with E-state index in [-0.39, 0.29) is 12.1 Å². The van der Waals surface area contributed by atoms with Gasteiger partial charge < -0.3 is 15.5 Å². The van der Waals surface area contributed by atoms with E-state index in [1.54, 1.807) is 6.07 Å². The van der Waals surface area contributed by atoms with Gasteiger partial charge in [0.05, 0.1) is 6.10 Å². The van der Waals surface area contributed by atoms with Gasteiger partial charge >= 0.3 is 0 Å². The number of halogens is 1. The molecule has 0 aliphatic heterocycles. The van der Waals surface area contributed by atoms with Crippen LogP contribution in [0.5, 0.6) is 0 Å². The van der Waals surface area contributed by atoms with Crippen molar-refractivity contribution in [2.75, 3.05) is 13.2 Å². The van der Waals surface area contributed by atoms with Gasteiger partial charge in [0.15, 0.2) is 0 Å². The Bertz CT molecular complexity index is 355. The van der Waals surface area contributed by atoms with Crippen molar-refractivity contribution in [1.82, 2.24) is 5.32 Å². The molecule has 1 aromatic rings. The van der Waals surface area contributed by atoms with Crippen LogP contribution in [0.3, 0.4) is 0 Å². The van der Waals surface area contributed by atoms with Crippen molar-refractivity contribution in [2.24, 2.45) is 0 Å². The SMILES string of the molecule is CC(C)(CCO)NCC(O)c1ccccc1Cl. The molecular formula is C13H20ClNO2. The topological polar surface area (TPSA) is 52.5 Å². The Morgan fingerprint density at radius 1 is 1.35 bits per heavy atom. The lowest BCUT2D eigenvalue weighted by atomic mass is 10.0. The predicted octanol–water partition coefficient (Wildman–Crippen LogP) is 2.12. The molecule has 17 heavy (non-hydrogen) atoms. The van der Waals surface area contributed by atoms with E-state index in [0.717, 1.165) is 5.56 Å². The van der Waals surface area contributed by atoms with Crippen molar-refractivity contribution in [3.8, 4) is 0 Å². The summed E-state index contributed by atoms with van der Waals surface area (Å²) >= 11 is 6.00. The summed E-state index contributed by atoms with van der Waals surface area (Å²) in [5.41, 5.74) is 0.526. The van der Waals surface area contributed by atoms with Crippen LogP contribution in [0.25, 0.3) is 0 Å². The first-order valence-electron chi connectivity index (χ1n) is 5.74. The standard InChI is InChI=1S/C13H20ClNO2/c1-13(2,7-8-16)15-9-12(17)10-5-3-4-6-11(10)14/h3-6,12,15-17H,7-9H2,1-2H3. The molecule has 0 radical (unpaired) electrons. The van der Waals surface area contributed by atoms with Gasteiger partial charge in [-0.25, -0.2) is 0 Å². The molecule has 0 aliphatic carbocycles. The maximum absolute atomic E-state index is 10.0. The van der Waals surface area contributed by atoms with Crippen LogP contribution in [0, 0.1) is 0 Å². The van der Waals surface area contributed by atoms with Crippen LogP contribution in [0.2, 0.25) is 5.02 Å². The van der Waals surface area contributed by atoms with Crippen molar-refractivity contribution in [3.05, 3.63) is 34.9 Å². The molecule has 3 nitrogen and oxygen atoms in total. The predicted molar refractivity (Wildman–Crippen MR) is 70.2 cm³/mol. The van der Waals surface area contributed by atoms with Crippen LogP contribution >= 0.6 is 11.6 Å². The fourth-order valence-corrected chi connectivity index (χ4v) is 1.86. The number of rotatable bonds is 6. The smallest absolute Gasteiger partial charge is 0.0928 e. The summed E-state index contributed by atoms with van der Waals surface area (Å²) in [7, 11) is 0. The average Bonchev–Trinajstić information content (AvgIpc) is 2.27. The van der Waals surface area contributed by atoms with Gasteiger partial charge in [0.1, 0.15) is 0 Å². The number of benzene rings is 1. The van der Waals surface area contributed by atoms with Crippen LogP contribution in [0.4, 0.5) is 0 Å². The normalized spacial score (nSPS) is 13.7. The molecule has 0 fully saturated rings. The monoisotopic (exact) mass is 257 g/mol. The molecule has 4 heteroatoms. The molecule has 0 heterocycles. The van der Waals surface area contributed by atoms with E-state index in [9.17, 15) is 5.11 Å². The average molecular weight is 258 g/mol. The second kappa shape index (κ2) is 6.36. The number of nitrogens with one attached hydrogen (secondary N) is 1. The molecule has 0 bridgehead atoms. The van der Waals surface area contributed by atoms with Crippen LogP contribution in [0.15, 0.2) is 24.3 Å². The van der Waals surface area contributed by atoms with E-state index in [2.05, 4.69) is 5.32 Å². The Morgan fingerprint density at radius 2 is 2.00 bits per heavy atom. The Balaban J connectivity index is 2.56. The highest BCUT2D eigenvalue weighted by Crippen LogP contribution is 2.22. The summed E-state index contributed by atoms with van der Waals surface area (Å²) in [5, 5.41) is 22.7. The quantitative estimate of drug-likeness (QED) is 0.732. The molecular weight excluding hydrogens is 238 g/mol. The highest BCUT2D eigenvalue weighted by molar-refractivity contribution is 6.31. The maximum atomic E-state index is 10.0. The minimum Gasteiger partial charge on any atom is -0.396 e. The van der Waals surface area contributed by atoms with E-state index in [1.807, 2.05) is 32.0 Å². The van der Waals surface area contributed by atoms with E-state index in [4.69, 9.17) is 16.7 Å². The molecule has 0 aliphatic rings. The van der Waals surface area contributed by atoms with E-state index >= 15 is 0 Å². The van der Waals surface area contributed by atoms with Gasteiger partial charge in [-0.05, 0) is 26.3 Å². The lowest BCUT2D eigenvalue weighted by molar-refractivity contribution is 0.151. The van der Waals surface area contributed by atoms with E-state index in [0.29, 0.717) is 18.0 Å². The third-order valence-electron chi connectivity index (χ3n) is 2.77. The molecule has 0 aromatic heterocycles. The zero-order chi connectivity index (χ0) is 12.9. The summed E-state index contributed by atoms with van der Waals surface area (Å²) in [6, 6.07) is 7.26. The first kappa shape index (κ1) is 14.5. The molecule has 1 rings (SSSR count). The highest BCUT2D eigenvalue weighted by Gasteiger charge is 2.19. The zero-order valence-electron chi connectivity index (χ0n) is 10.3. The van der Waals surface area contributed by atoms with Crippen molar-refractivity contribution in [2.45, 2.75) is 31.9 Å². The first-order valence-corrected chi connectivity index (χ1v) is 6.12. The Morgan fingerprint density at radius 3 is 2.59 bits per heavy atom. The lowest BCUT2D eigenvalue weighted by Gasteiger charge is -2.27. The van der Waals surface area contributed by atoms with E-state index in [1.165, 1.54) is 0 Å². The van der Waals surface area contributed by atoms with Gasteiger partial charge in [-0.3, -0.25) is 0 Å². The second-order valence-corrected chi connectivity index (χ2v) is 5.18. The number of hydrogen-bond acceptors (Lipinski definition) is 3. The third kappa shape index (κ3) is 4.64. The summed E-state index contributed by atoms with van der Waals surface area (Å²) < 4.78 is 0. The van der Waals surface area contributed by atoms with E-state index < -0.39 is 6.10 Å². The van der Waals surface area contributed by atoms with Crippen molar-refractivity contribution < 1.29 is 10.2 Å². The van der Waals surface area contributed by atoms with Crippen LogP contribution in [-0.2, 0) is 0 Å². The summed E-state index contributed by atoms with van der Waals surface area (Å²) in [4.78, 5) is 0. The maximum Gasteiger partial charge on any atom is 0.0928 e. The molecule has 3 N–H and O–H groups in total. The Labute approximate surface area is 107 Å². The van der Waals surface area contributed by atoms with Crippen LogP contribution in [-0.4, -0.2) is 28.9 Å². The summed E-state index contributed by atoms with van der Waals surface area (Å²) in [6.45, 7) is 4.52. The van der Waals surface area contributed by atoms with Gasteiger partial charge in [-0.2, -0.15) is 0 Å². The molecule has 1 atom stereocenters. The highest BCUT2D eigenvalue weighted by atomic mass is 35.5. The van der Waals surface area contributed by atoms with Crippen LogP contribution < -0.4 is 5.32 Å². The van der Waals surface area contributed by atoms with Crippen molar-refractivity contribution in [3.63, 3.8) is 0 Å². The first-order chi connectivity index (χ1) is 7.96. The van der Waals surface area contributed by atoms with Gasteiger partial charge in [0, 0.05) is 29.3 Å². The third-order valence-corrected chi connectivity index (χ3v) is 3.12. The number of aliphatic hydroxyl groups is 2. The largest absolute Gasteiger partial charge is 0.396 e. The number of hydrogen-bond donors (Lipinski definition) is 3. The molecule has 96 valence electrons. The fourth-order valence-electron chi connectivity index (χ4n) is 1.60. The zero-order valence-corrected chi connectivity index (χ0v) is 11.0. The minimum absolute atomic E-state index is 0.127. The van der Waals surface area contributed by atoms with Gasteiger partial charge in [-0.15, -0.1) is 0 Å². The molecule has 0 saturated heterocycles. The molecule has 1 aromatic carbocycles. The molecule has 0 saturated carbocycles. The molecule has 1 unspecified atom stereocenters. The summed E-state index contributed by atoms with van der Waals surface area (Å²) in [6.07, 6.45) is 0.00377. The summed E-state index contributed by atoms with van der Waals surface area (Å²) in [5.74, 6) is 0. The van der Waals surface area contributed by atoms with Crippen LogP contribution in [0.1, 0.15) is 31.9 Å². The van der Waals surface area contributed by atoms with Crippen molar-refractivity contribution in [1.29, 1.82) is 0 Å². The van der Waals surface area contributed by atoms with Gasteiger partial charge in [0.25, 0.3) is 0 Å². The van der Waals surface area contributed by atoms with Crippen molar-refractivity contribution >= 4 is 11.6 Å². The minimum atomic E-state index is -0.637. The Kier molecular flexibility index (Phi) is 5.40. The Hall–Kier alpha value is -0.610. The van der Waals surface area contributed by atoms with Gasteiger partial charge in [0.2, 0.25) is 0 Å².